The van der Waals surface area contributed by atoms with Crippen molar-refractivity contribution in [3.63, 3.8) is 0 Å². The molecule has 0 N–H and O–H groups in total. The first-order valence-corrected chi connectivity index (χ1v) is 15.7. The van der Waals surface area contributed by atoms with Gasteiger partial charge in [-0.2, -0.15) is 0 Å². The number of aromatic nitrogens is 2. The Bertz CT molecular complexity index is 2600. The van der Waals surface area contributed by atoms with Gasteiger partial charge in [-0.3, -0.25) is 0 Å². The molecule has 0 amide bonds. The summed E-state index contributed by atoms with van der Waals surface area (Å²) in [5.41, 5.74) is 15.4. The zero-order chi connectivity index (χ0) is 29.5. The summed E-state index contributed by atoms with van der Waals surface area (Å²) < 4.78 is 4.94. The Labute approximate surface area is 261 Å². The highest BCUT2D eigenvalue weighted by molar-refractivity contribution is 6.29. The summed E-state index contributed by atoms with van der Waals surface area (Å²) >= 11 is 0. The number of nitrogens with zero attached hydrogens (tertiary/aromatic N) is 2. The Morgan fingerprint density at radius 2 is 0.956 bits per heavy atom. The Morgan fingerprint density at radius 3 is 1.71 bits per heavy atom. The maximum atomic E-state index is 2.51. The van der Waals surface area contributed by atoms with Gasteiger partial charge < -0.3 is 9.13 Å². The van der Waals surface area contributed by atoms with E-state index in [9.17, 15) is 0 Å². The molecule has 0 fully saturated rings. The van der Waals surface area contributed by atoms with Crippen molar-refractivity contribution in [1.29, 1.82) is 0 Å². The fraction of sp³-hybridized carbons (Fsp3) is 0.0233. The smallest absolute Gasteiger partial charge is 0.0549 e. The van der Waals surface area contributed by atoms with Gasteiger partial charge in [0, 0.05) is 33.7 Å². The molecule has 0 saturated heterocycles. The second-order valence-electron chi connectivity index (χ2n) is 12.1. The fourth-order valence-electron chi connectivity index (χ4n) is 7.84. The molecule has 0 unspecified atom stereocenters. The van der Waals surface area contributed by atoms with Crippen molar-refractivity contribution in [2.75, 3.05) is 0 Å². The van der Waals surface area contributed by atoms with Gasteiger partial charge >= 0.3 is 0 Å². The first kappa shape index (κ1) is 24.6. The third kappa shape index (κ3) is 3.45. The number of benzene rings is 7. The van der Waals surface area contributed by atoms with E-state index in [-0.39, 0.29) is 0 Å². The summed E-state index contributed by atoms with van der Waals surface area (Å²) in [5.74, 6) is 0. The lowest BCUT2D eigenvalue weighted by Crippen LogP contribution is -1.99. The van der Waals surface area contributed by atoms with Crippen LogP contribution >= 0.6 is 0 Å². The van der Waals surface area contributed by atoms with Crippen LogP contribution in [0.1, 0.15) is 11.1 Å². The largest absolute Gasteiger partial charge is 0.309 e. The van der Waals surface area contributed by atoms with Crippen LogP contribution < -0.4 is 0 Å². The minimum absolute atomic E-state index is 0.955. The normalized spacial score (nSPS) is 12.4. The van der Waals surface area contributed by atoms with Gasteiger partial charge in [0.1, 0.15) is 0 Å². The third-order valence-electron chi connectivity index (χ3n) is 9.77. The van der Waals surface area contributed by atoms with Gasteiger partial charge in [-0.25, -0.2) is 0 Å². The van der Waals surface area contributed by atoms with Crippen LogP contribution in [0.15, 0.2) is 158 Å². The van der Waals surface area contributed by atoms with Crippen molar-refractivity contribution in [2.24, 2.45) is 0 Å². The van der Waals surface area contributed by atoms with Crippen LogP contribution in [-0.2, 0) is 6.42 Å². The second-order valence-corrected chi connectivity index (χ2v) is 12.1. The van der Waals surface area contributed by atoms with E-state index >= 15 is 0 Å². The molecule has 210 valence electrons. The number of rotatable bonds is 3. The van der Waals surface area contributed by atoms with Crippen molar-refractivity contribution in [2.45, 2.75) is 6.42 Å². The quantitative estimate of drug-likeness (QED) is 0.199. The maximum Gasteiger partial charge on any atom is 0.0549 e. The topological polar surface area (TPSA) is 9.86 Å². The molecular formula is C43H28N2. The monoisotopic (exact) mass is 572 g/mol. The zero-order valence-corrected chi connectivity index (χ0v) is 24.6. The Hall–Kier alpha value is -5.86. The summed E-state index contributed by atoms with van der Waals surface area (Å²) in [7, 11) is 0. The highest BCUT2D eigenvalue weighted by atomic mass is 15.0. The van der Waals surface area contributed by atoms with Gasteiger partial charge in [0.05, 0.1) is 27.8 Å². The standard InChI is InChI=1S/C43H28N2/c1-2-11-28(12-3-1)29-21-23-31(24-22-29)44-37-18-8-6-15-34(37)42-40(44)25-26-41-43(42)35-16-7-9-19-38(35)45(41)39-20-10-17-33-32-14-5-4-13-30(32)27-36(33)39/h1-26H,27H2. The van der Waals surface area contributed by atoms with E-state index in [1.165, 1.54) is 88.4 Å². The van der Waals surface area contributed by atoms with Crippen LogP contribution in [0.4, 0.5) is 0 Å². The summed E-state index contributed by atoms with van der Waals surface area (Å²) in [5, 5.41) is 5.18. The van der Waals surface area contributed by atoms with E-state index < -0.39 is 0 Å². The molecule has 2 nitrogen and oxygen atoms in total. The van der Waals surface area contributed by atoms with Gasteiger partial charge in [0.15, 0.2) is 0 Å². The molecule has 45 heavy (non-hydrogen) atoms. The average Bonchev–Trinajstić information content (AvgIpc) is 3.76. The minimum atomic E-state index is 0.955. The first-order chi connectivity index (χ1) is 22.3. The number of fused-ring (bicyclic) bond motifs is 10. The Morgan fingerprint density at radius 1 is 0.378 bits per heavy atom. The summed E-state index contributed by atoms with van der Waals surface area (Å²) in [4.78, 5) is 0. The van der Waals surface area contributed by atoms with Crippen molar-refractivity contribution < 1.29 is 0 Å². The third-order valence-corrected chi connectivity index (χ3v) is 9.77. The Balaban J connectivity index is 1.26. The number of para-hydroxylation sites is 2. The van der Waals surface area contributed by atoms with Crippen LogP contribution in [0.5, 0.6) is 0 Å². The Kier molecular flexibility index (Phi) is 5.09. The molecule has 0 atom stereocenters. The molecule has 1 aliphatic rings. The van der Waals surface area contributed by atoms with Crippen molar-refractivity contribution in [1.82, 2.24) is 9.13 Å². The van der Waals surface area contributed by atoms with E-state index in [1.54, 1.807) is 0 Å². The summed E-state index contributed by atoms with van der Waals surface area (Å²) in [6.45, 7) is 0. The van der Waals surface area contributed by atoms with Crippen molar-refractivity contribution in [3.05, 3.63) is 169 Å². The number of hydrogen-bond acceptors (Lipinski definition) is 0. The molecular weight excluding hydrogens is 544 g/mol. The van der Waals surface area contributed by atoms with E-state index in [0.29, 0.717) is 0 Å². The number of hydrogen-bond donors (Lipinski definition) is 0. The van der Waals surface area contributed by atoms with Crippen molar-refractivity contribution in [3.8, 4) is 33.6 Å². The lowest BCUT2D eigenvalue weighted by Gasteiger charge is -2.13. The van der Waals surface area contributed by atoms with Gasteiger partial charge in [-0.1, -0.05) is 115 Å². The van der Waals surface area contributed by atoms with E-state index in [4.69, 9.17) is 0 Å². The lowest BCUT2D eigenvalue weighted by molar-refractivity contribution is 1.12. The zero-order valence-electron chi connectivity index (χ0n) is 24.6. The molecule has 0 radical (unpaired) electrons. The maximum absolute atomic E-state index is 2.51. The molecule has 1 aliphatic carbocycles. The lowest BCUT2D eigenvalue weighted by atomic mass is 10.0. The van der Waals surface area contributed by atoms with Crippen LogP contribution in [0.3, 0.4) is 0 Å². The van der Waals surface area contributed by atoms with Crippen LogP contribution in [0.2, 0.25) is 0 Å². The fourth-order valence-corrected chi connectivity index (χ4v) is 7.84. The van der Waals surface area contributed by atoms with Crippen LogP contribution in [-0.4, -0.2) is 9.13 Å². The van der Waals surface area contributed by atoms with Gasteiger partial charge in [-0.05, 0) is 75.8 Å². The molecule has 0 bridgehead atoms. The molecule has 0 spiro atoms. The van der Waals surface area contributed by atoms with E-state index in [0.717, 1.165) is 6.42 Å². The molecule has 2 heterocycles. The van der Waals surface area contributed by atoms with Crippen LogP contribution in [0.25, 0.3) is 77.2 Å². The second kappa shape index (κ2) is 9.32. The first-order valence-electron chi connectivity index (χ1n) is 15.7. The average molecular weight is 573 g/mol. The summed E-state index contributed by atoms with van der Waals surface area (Å²) in [6.07, 6.45) is 0.955. The molecule has 9 aromatic rings. The van der Waals surface area contributed by atoms with Crippen molar-refractivity contribution >= 4 is 43.6 Å². The molecule has 7 aromatic carbocycles. The summed E-state index contributed by atoms with van der Waals surface area (Å²) in [6, 6.07) is 57.7. The van der Waals surface area contributed by atoms with Gasteiger partial charge in [0.2, 0.25) is 0 Å². The molecule has 2 aromatic heterocycles. The predicted molar refractivity (Wildman–Crippen MR) is 189 cm³/mol. The highest BCUT2D eigenvalue weighted by Gasteiger charge is 2.25. The molecule has 10 rings (SSSR count). The van der Waals surface area contributed by atoms with E-state index in [2.05, 4.69) is 167 Å². The van der Waals surface area contributed by atoms with Gasteiger partial charge in [0.25, 0.3) is 0 Å². The molecule has 0 aliphatic heterocycles. The van der Waals surface area contributed by atoms with Gasteiger partial charge in [-0.15, -0.1) is 0 Å². The predicted octanol–water partition coefficient (Wildman–Crippen LogP) is 11.1. The SMILES string of the molecule is c1ccc(-c2ccc(-n3c4ccccc4c4c5c6ccccc6n(-c6cccc7c6Cc6ccccc6-7)c5ccc43)cc2)cc1. The van der Waals surface area contributed by atoms with E-state index in [1.807, 2.05) is 0 Å². The molecule has 0 saturated carbocycles. The minimum Gasteiger partial charge on any atom is -0.309 e. The highest BCUT2D eigenvalue weighted by Crippen LogP contribution is 2.45. The van der Waals surface area contributed by atoms with Crippen LogP contribution in [0, 0.1) is 0 Å². The molecule has 2 heteroatoms.